The van der Waals surface area contributed by atoms with E-state index in [0.717, 1.165) is 22.9 Å². The number of carbonyl (C=O) groups is 1. The molecule has 0 saturated carbocycles. The standard InChI is InChI=1S/C18H18BrNO2S/c1-22-18(21)14-8-6-13(7-9-14)16(17(20)23)10-5-12-3-2-4-15(19)11-12/h2-4,6-9,11,16H,5,10H2,1H3,(H2,20,23). The van der Waals surface area contributed by atoms with Gasteiger partial charge in [0.25, 0.3) is 0 Å². The molecule has 0 aromatic heterocycles. The first-order valence-corrected chi connectivity index (χ1v) is 8.43. The van der Waals surface area contributed by atoms with Crippen LogP contribution in [0.5, 0.6) is 0 Å². The molecule has 1 unspecified atom stereocenters. The van der Waals surface area contributed by atoms with E-state index in [2.05, 4.69) is 28.1 Å². The van der Waals surface area contributed by atoms with E-state index in [-0.39, 0.29) is 11.9 Å². The number of hydrogen-bond acceptors (Lipinski definition) is 3. The van der Waals surface area contributed by atoms with Gasteiger partial charge in [-0.2, -0.15) is 0 Å². The number of rotatable bonds is 6. The summed E-state index contributed by atoms with van der Waals surface area (Å²) in [5, 5.41) is 0. The highest BCUT2D eigenvalue weighted by molar-refractivity contribution is 9.10. The van der Waals surface area contributed by atoms with E-state index in [4.69, 9.17) is 22.7 Å². The van der Waals surface area contributed by atoms with E-state index in [9.17, 15) is 4.79 Å². The smallest absolute Gasteiger partial charge is 0.337 e. The van der Waals surface area contributed by atoms with E-state index in [0.29, 0.717) is 10.6 Å². The highest BCUT2D eigenvalue weighted by Crippen LogP contribution is 2.24. The lowest BCUT2D eigenvalue weighted by Crippen LogP contribution is -2.20. The molecule has 0 heterocycles. The van der Waals surface area contributed by atoms with Crippen molar-refractivity contribution in [2.45, 2.75) is 18.8 Å². The predicted octanol–water partition coefficient (Wildman–Crippen LogP) is 4.24. The first kappa shape index (κ1) is 17.6. The number of ether oxygens (including phenoxy) is 1. The molecular formula is C18H18BrNO2S. The summed E-state index contributed by atoms with van der Waals surface area (Å²) in [7, 11) is 1.37. The van der Waals surface area contributed by atoms with E-state index in [1.165, 1.54) is 12.7 Å². The zero-order chi connectivity index (χ0) is 16.8. The Labute approximate surface area is 150 Å². The van der Waals surface area contributed by atoms with Crippen molar-refractivity contribution in [1.29, 1.82) is 0 Å². The lowest BCUT2D eigenvalue weighted by molar-refractivity contribution is 0.0600. The average molecular weight is 392 g/mol. The van der Waals surface area contributed by atoms with Crippen molar-refractivity contribution in [1.82, 2.24) is 0 Å². The molecule has 0 radical (unpaired) electrons. The number of nitrogens with two attached hydrogens (primary N) is 1. The van der Waals surface area contributed by atoms with Gasteiger partial charge in [0.05, 0.1) is 17.7 Å². The second-order valence-electron chi connectivity index (χ2n) is 5.24. The van der Waals surface area contributed by atoms with Crippen molar-refractivity contribution in [2.24, 2.45) is 5.73 Å². The monoisotopic (exact) mass is 391 g/mol. The summed E-state index contributed by atoms with van der Waals surface area (Å²) in [5.74, 6) is -0.367. The van der Waals surface area contributed by atoms with Crippen LogP contribution in [0.4, 0.5) is 0 Å². The van der Waals surface area contributed by atoms with Crippen LogP contribution in [0.25, 0.3) is 0 Å². The van der Waals surface area contributed by atoms with E-state index < -0.39 is 0 Å². The Balaban J connectivity index is 2.12. The molecule has 2 aromatic carbocycles. The van der Waals surface area contributed by atoms with Crippen LogP contribution in [0.15, 0.2) is 53.0 Å². The van der Waals surface area contributed by atoms with Crippen LogP contribution >= 0.6 is 28.1 Å². The van der Waals surface area contributed by atoms with Crippen LogP contribution in [0, 0.1) is 0 Å². The number of carbonyl (C=O) groups excluding carboxylic acids is 1. The number of esters is 1. The van der Waals surface area contributed by atoms with Crippen molar-refractivity contribution in [2.75, 3.05) is 7.11 Å². The van der Waals surface area contributed by atoms with Gasteiger partial charge in [-0.05, 0) is 48.2 Å². The second-order valence-corrected chi connectivity index (χ2v) is 6.62. The Kier molecular flexibility index (Phi) is 6.30. The van der Waals surface area contributed by atoms with E-state index in [1.54, 1.807) is 12.1 Å². The molecule has 0 spiro atoms. The lowest BCUT2D eigenvalue weighted by Gasteiger charge is -2.16. The molecule has 0 aliphatic heterocycles. The van der Waals surface area contributed by atoms with Gasteiger partial charge in [-0.3, -0.25) is 0 Å². The summed E-state index contributed by atoms with van der Waals surface area (Å²) in [6.45, 7) is 0. The minimum absolute atomic E-state index is 0.0179. The minimum Gasteiger partial charge on any atom is -0.465 e. The van der Waals surface area contributed by atoms with Crippen LogP contribution in [0.3, 0.4) is 0 Å². The second kappa shape index (κ2) is 8.22. The molecule has 0 amide bonds. The summed E-state index contributed by atoms with van der Waals surface area (Å²) in [6.07, 6.45) is 1.70. The maximum absolute atomic E-state index is 11.5. The SMILES string of the molecule is COC(=O)c1ccc(C(CCc2cccc(Br)c2)C(N)=S)cc1. The summed E-state index contributed by atoms with van der Waals surface area (Å²) in [5.41, 5.74) is 8.68. The van der Waals surface area contributed by atoms with E-state index in [1.807, 2.05) is 24.3 Å². The van der Waals surface area contributed by atoms with Crippen LogP contribution in [-0.2, 0) is 11.2 Å². The third kappa shape index (κ3) is 4.88. The van der Waals surface area contributed by atoms with Gasteiger partial charge in [0.1, 0.15) is 0 Å². The largest absolute Gasteiger partial charge is 0.465 e. The van der Waals surface area contributed by atoms with E-state index >= 15 is 0 Å². The van der Waals surface area contributed by atoms with Gasteiger partial charge in [0, 0.05) is 10.4 Å². The summed E-state index contributed by atoms with van der Waals surface area (Å²) in [6, 6.07) is 15.4. The first-order valence-electron chi connectivity index (χ1n) is 7.23. The average Bonchev–Trinajstić information content (AvgIpc) is 2.54. The number of thiocarbonyl (C=S) groups is 1. The Bertz CT molecular complexity index is 700. The highest BCUT2D eigenvalue weighted by atomic mass is 79.9. The van der Waals surface area contributed by atoms with Crippen LogP contribution < -0.4 is 5.73 Å². The zero-order valence-corrected chi connectivity index (χ0v) is 15.2. The van der Waals surface area contributed by atoms with Gasteiger partial charge in [-0.1, -0.05) is 52.4 Å². The maximum Gasteiger partial charge on any atom is 0.337 e. The van der Waals surface area contributed by atoms with Gasteiger partial charge in [0.15, 0.2) is 0 Å². The van der Waals surface area contributed by atoms with Crippen molar-refractivity contribution in [3.8, 4) is 0 Å². The van der Waals surface area contributed by atoms with Crippen molar-refractivity contribution in [3.05, 3.63) is 69.7 Å². The number of methoxy groups -OCH3 is 1. The number of benzene rings is 2. The number of aryl methyl sites for hydroxylation is 1. The van der Waals surface area contributed by atoms with Crippen LogP contribution in [-0.4, -0.2) is 18.1 Å². The fourth-order valence-corrected chi connectivity index (χ4v) is 3.15. The quantitative estimate of drug-likeness (QED) is 0.590. The molecule has 2 aromatic rings. The van der Waals surface area contributed by atoms with Crippen molar-refractivity contribution < 1.29 is 9.53 Å². The number of hydrogen-bond donors (Lipinski definition) is 1. The normalized spacial score (nSPS) is 11.7. The van der Waals surface area contributed by atoms with Crippen molar-refractivity contribution in [3.63, 3.8) is 0 Å². The fourth-order valence-electron chi connectivity index (χ4n) is 2.45. The molecule has 0 bridgehead atoms. The number of halogens is 1. The predicted molar refractivity (Wildman–Crippen MR) is 99.8 cm³/mol. The molecule has 5 heteroatoms. The Morgan fingerprint density at radius 1 is 1.26 bits per heavy atom. The maximum atomic E-state index is 11.5. The topological polar surface area (TPSA) is 52.3 Å². The minimum atomic E-state index is -0.349. The first-order chi connectivity index (χ1) is 11.0. The molecule has 120 valence electrons. The van der Waals surface area contributed by atoms with Gasteiger partial charge in [-0.15, -0.1) is 0 Å². The van der Waals surface area contributed by atoms with Gasteiger partial charge in [0.2, 0.25) is 0 Å². The Morgan fingerprint density at radius 3 is 2.52 bits per heavy atom. The molecule has 23 heavy (non-hydrogen) atoms. The zero-order valence-electron chi connectivity index (χ0n) is 12.8. The van der Waals surface area contributed by atoms with Crippen LogP contribution in [0.2, 0.25) is 0 Å². The summed E-state index contributed by atoms with van der Waals surface area (Å²) < 4.78 is 5.77. The van der Waals surface area contributed by atoms with Gasteiger partial charge >= 0.3 is 5.97 Å². The summed E-state index contributed by atoms with van der Waals surface area (Å²) >= 11 is 8.70. The third-order valence-electron chi connectivity index (χ3n) is 3.69. The molecule has 0 aliphatic carbocycles. The molecule has 2 N–H and O–H groups in total. The van der Waals surface area contributed by atoms with Gasteiger partial charge < -0.3 is 10.5 Å². The molecule has 1 atom stereocenters. The highest BCUT2D eigenvalue weighted by Gasteiger charge is 2.16. The Morgan fingerprint density at radius 2 is 1.96 bits per heavy atom. The molecule has 0 saturated heterocycles. The van der Waals surface area contributed by atoms with Crippen LogP contribution in [0.1, 0.15) is 33.8 Å². The fraction of sp³-hybridized carbons (Fsp3) is 0.222. The molecule has 2 rings (SSSR count). The van der Waals surface area contributed by atoms with Gasteiger partial charge in [-0.25, -0.2) is 4.79 Å². The molecule has 0 fully saturated rings. The van der Waals surface area contributed by atoms with Crippen molar-refractivity contribution >= 4 is 39.1 Å². The third-order valence-corrected chi connectivity index (χ3v) is 4.47. The Hall–Kier alpha value is -1.72. The summed E-state index contributed by atoms with van der Waals surface area (Å²) in [4.78, 5) is 12.0. The molecule has 3 nitrogen and oxygen atoms in total. The lowest BCUT2D eigenvalue weighted by atomic mass is 9.91. The molecule has 0 aliphatic rings. The molecular weight excluding hydrogens is 374 g/mol.